The van der Waals surface area contributed by atoms with Gasteiger partial charge in [-0.3, -0.25) is 4.79 Å². The first-order valence-electron chi connectivity index (χ1n) is 5.73. The van der Waals surface area contributed by atoms with Gasteiger partial charge in [-0.15, -0.1) is 11.3 Å². The third-order valence-corrected chi connectivity index (χ3v) is 4.11. The summed E-state index contributed by atoms with van der Waals surface area (Å²) in [5, 5.41) is 0. The Hall–Kier alpha value is -1.40. The Labute approximate surface area is 109 Å². The molecule has 1 aliphatic heterocycles. The Morgan fingerprint density at radius 1 is 1.44 bits per heavy atom. The molecule has 0 aromatic carbocycles. The number of thiophene rings is 1. The second kappa shape index (κ2) is 5.49. The number of carbonyl (C=O) groups is 2. The molecule has 2 N–H and O–H groups in total. The maximum Gasteiger partial charge on any atom is 0.350 e. The molecule has 1 fully saturated rings. The van der Waals surface area contributed by atoms with Crippen molar-refractivity contribution >= 4 is 28.8 Å². The Morgan fingerprint density at radius 3 is 2.72 bits per heavy atom. The molecule has 0 aliphatic carbocycles. The van der Waals surface area contributed by atoms with Crippen molar-refractivity contribution in [2.45, 2.75) is 12.8 Å². The average molecular weight is 269 g/mol. The maximum atomic E-state index is 12.2. The van der Waals surface area contributed by atoms with Crippen LogP contribution in [0, 0.1) is 5.92 Å². The van der Waals surface area contributed by atoms with Crippen molar-refractivity contribution in [3.05, 3.63) is 15.8 Å². The molecule has 1 aromatic heterocycles. The average Bonchev–Trinajstić information content (AvgIpc) is 2.80. The van der Waals surface area contributed by atoms with E-state index in [0.717, 1.165) is 24.2 Å². The number of ketones is 1. The van der Waals surface area contributed by atoms with Gasteiger partial charge in [-0.2, -0.15) is 0 Å². The molecule has 0 spiro atoms. The zero-order valence-corrected chi connectivity index (χ0v) is 10.9. The molecule has 0 saturated carbocycles. The molecule has 1 aliphatic rings. The fourth-order valence-electron chi connectivity index (χ4n) is 1.94. The minimum absolute atomic E-state index is 0.0257. The van der Waals surface area contributed by atoms with Gasteiger partial charge in [0.15, 0.2) is 5.78 Å². The number of esters is 1. The molecule has 98 valence electrons. The summed E-state index contributed by atoms with van der Waals surface area (Å²) in [6, 6.07) is 1.56. The summed E-state index contributed by atoms with van der Waals surface area (Å²) < 4.78 is 9.84. The molecule has 0 amide bonds. The third-order valence-electron chi connectivity index (χ3n) is 2.97. The molecule has 5 nitrogen and oxygen atoms in total. The van der Waals surface area contributed by atoms with Gasteiger partial charge in [0, 0.05) is 19.1 Å². The zero-order chi connectivity index (χ0) is 13.1. The summed E-state index contributed by atoms with van der Waals surface area (Å²) in [5.41, 5.74) is 6.03. The molecule has 0 unspecified atom stereocenters. The van der Waals surface area contributed by atoms with Gasteiger partial charge in [0.2, 0.25) is 0 Å². The van der Waals surface area contributed by atoms with Crippen LogP contribution in [-0.2, 0) is 9.47 Å². The van der Waals surface area contributed by atoms with Crippen LogP contribution in [0.1, 0.15) is 32.2 Å². The van der Waals surface area contributed by atoms with E-state index in [4.69, 9.17) is 10.5 Å². The predicted octanol–water partition coefficient (Wildman–Crippen LogP) is 1.73. The van der Waals surface area contributed by atoms with E-state index in [0.29, 0.717) is 28.7 Å². The molecule has 2 rings (SSSR count). The van der Waals surface area contributed by atoms with E-state index < -0.39 is 5.97 Å². The van der Waals surface area contributed by atoms with Gasteiger partial charge in [-0.05, 0) is 18.9 Å². The Kier molecular flexibility index (Phi) is 3.98. The normalized spacial score (nSPS) is 16.5. The number of anilines is 1. The van der Waals surface area contributed by atoms with E-state index in [1.54, 1.807) is 6.07 Å². The SMILES string of the molecule is COC(=O)c1sc(C(=O)C2CCOCC2)cc1N. The van der Waals surface area contributed by atoms with Gasteiger partial charge in [-0.1, -0.05) is 0 Å². The molecular formula is C12H15NO4S. The monoisotopic (exact) mass is 269 g/mol. The van der Waals surface area contributed by atoms with Crippen molar-refractivity contribution in [3.8, 4) is 0 Å². The van der Waals surface area contributed by atoms with Crippen molar-refractivity contribution in [3.63, 3.8) is 0 Å². The lowest BCUT2D eigenvalue weighted by molar-refractivity contribution is 0.0547. The van der Waals surface area contributed by atoms with Gasteiger partial charge < -0.3 is 15.2 Å². The van der Waals surface area contributed by atoms with E-state index in [1.165, 1.54) is 7.11 Å². The lowest BCUT2D eigenvalue weighted by Gasteiger charge is -2.19. The number of rotatable bonds is 3. The van der Waals surface area contributed by atoms with Crippen molar-refractivity contribution in [1.29, 1.82) is 0 Å². The van der Waals surface area contributed by atoms with E-state index in [9.17, 15) is 9.59 Å². The first kappa shape index (κ1) is 13.0. The van der Waals surface area contributed by atoms with Crippen molar-refractivity contribution in [1.82, 2.24) is 0 Å². The van der Waals surface area contributed by atoms with Crippen LogP contribution >= 0.6 is 11.3 Å². The van der Waals surface area contributed by atoms with Crippen LogP contribution in [0.3, 0.4) is 0 Å². The lowest BCUT2D eigenvalue weighted by atomic mass is 9.94. The first-order chi connectivity index (χ1) is 8.63. The fourth-order valence-corrected chi connectivity index (χ4v) is 2.96. The largest absolute Gasteiger partial charge is 0.465 e. The number of hydrogen-bond acceptors (Lipinski definition) is 6. The smallest absolute Gasteiger partial charge is 0.350 e. The van der Waals surface area contributed by atoms with Gasteiger partial charge in [-0.25, -0.2) is 4.79 Å². The van der Waals surface area contributed by atoms with Gasteiger partial charge in [0.25, 0.3) is 0 Å². The summed E-state index contributed by atoms with van der Waals surface area (Å²) in [4.78, 5) is 24.5. The summed E-state index contributed by atoms with van der Waals surface area (Å²) in [5.74, 6) is -0.476. The van der Waals surface area contributed by atoms with E-state index in [1.807, 2.05) is 0 Å². The van der Waals surface area contributed by atoms with E-state index in [-0.39, 0.29) is 11.7 Å². The third kappa shape index (κ3) is 2.54. The van der Waals surface area contributed by atoms with E-state index in [2.05, 4.69) is 4.74 Å². The summed E-state index contributed by atoms with van der Waals surface area (Å²) in [6.07, 6.45) is 1.45. The molecular weight excluding hydrogens is 254 g/mol. The quantitative estimate of drug-likeness (QED) is 0.667. The van der Waals surface area contributed by atoms with Crippen LogP contribution < -0.4 is 5.73 Å². The highest BCUT2D eigenvalue weighted by Gasteiger charge is 2.26. The second-order valence-electron chi connectivity index (χ2n) is 4.14. The molecule has 0 atom stereocenters. The molecule has 1 aromatic rings. The van der Waals surface area contributed by atoms with Crippen LogP contribution in [0.15, 0.2) is 6.07 Å². The van der Waals surface area contributed by atoms with Crippen LogP contribution in [0.4, 0.5) is 5.69 Å². The number of nitrogens with two attached hydrogens (primary N) is 1. The van der Waals surface area contributed by atoms with Crippen LogP contribution in [0.5, 0.6) is 0 Å². The fraction of sp³-hybridized carbons (Fsp3) is 0.500. The van der Waals surface area contributed by atoms with Gasteiger partial charge in [0.1, 0.15) is 4.88 Å². The number of ether oxygens (including phenoxy) is 2. The second-order valence-corrected chi connectivity index (χ2v) is 5.19. The van der Waals surface area contributed by atoms with Crippen LogP contribution in [-0.4, -0.2) is 32.1 Å². The number of methoxy groups -OCH3 is 1. The number of hydrogen-bond donors (Lipinski definition) is 1. The Morgan fingerprint density at radius 2 is 2.11 bits per heavy atom. The Bertz CT molecular complexity index is 463. The van der Waals surface area contributed by atoms with Crippen molar-refractivity contribution in [2.24, 2.45) is 5.92 Å². The predicted molar refractivity (Wildman–Crippen MR) is 67.9 cm³/mol. The summed E-state index contributed by atoms with van der Waals surface area (Å²) >= 11 is 1.10. The van der Waals surface area contributed by atoms with Crippen LogP contribution in [0.25, 0.3) is 0 Å². The number of carbonyl (C=O) groups excluding carboxylic acids is 2. The standard InChI is InChI=1S/C12H15NO4S/c1-16-12(15)11-8(13)6-9(18-11)10(14)7-2-4-17-5-3-7/h6-7H,2-5,13H2,1H3. The molecule has 0 radical (unpaired) electrons. The molecule has 18 heavy (non-hydrogen) atoms. The van der Waals surface area contributed by atoms with Crippen molar-refractivity contribution < 1.29 is 19.1 Å². The molecule has 2 heterocycles. The Balaban J connectivity index is 2.18. The molecule has 0 bridgehead atoms. The maximum absolute atomic E-state index is 12.2. The molecule has 6 heteroatoms. The summed E-state index contributed by atoms with van der Waals surface area (Å²) in [7, 11) is 1.29. The highest BCUT2D eigenvalue weighted by atomic mass is 32.1. The molecule has 1 saturated heterocycles. The number of Topliss-reactive ketones (excluding diaryl/α,β-unsaturated/α-hetero) is 1. The first-order valence-corrected chi connectivity index (χ1v) is 6.54. The topological polar surface area (TPSA) is 78.6 Å². The van der Waals surface area contributed by atoms with Crippen molar-refractivity contribution in [2.75, 3.05) is 26.1 Å². The van der Waals surface area contributed by atoms with Gasteiger partial charge in [0.05, 0.1) is 17.7 Å². The number of nitrogen functional groups attached to an aromatic ring is 1. The zero-order valence-electron chi connectivity index (χ0n) is 10.1. The minimum Gasteiger partial charge on any atom is -0.465 e. The van der Waals surface area contributed by atoms with E-state index >= 15 is 0 Å². The van der Waals surface area contributed by atoms with Gasteiger partial charge >= 0.3 is 5.97 Å². The lowest BCUT2D eigenvalue weighted by Crippen LogP contribution is -2.22. The summed E-state index contributed by atoms with van der Waals surface area (Å²) in [6.45, 7) is 1.22. The van der Waals surface area contributed by atoms with Crippen LogP contribution in [0.2, 0.25) is 0 Å². The highest BCUT2D eigenvalue weighted by molar-refractivity contribution is 7.16. The minimum atomic E-state index is -0.497. The highest BCUT2D eigenvalue weighted by Crippen LogP contribution is 2.29.